The number of rotatable bonds is 1. The van der Waals surface area contributed by atoms with E-state index >= 15 is 0 Å². The van der Waals surface area contributed by atoms with E-state index in [1.54, 1.807) is 0 Å². The maximum Gasteiger partial charge on any atom is 0.508 e. The first-order valence-corrected chi connectivity index (χ1v) is 3.91. The van der Waals surface area contributed by atoms with Gasteiger partial charge in [-0.3, -0.25) is 0 Å². The van der Waals surface area contributed by atoms with Gasteiger partial charge in [0.05, 0.1) is 6.61 Å². The summed E-state index contributed by atoms with van der Waals surface area (Å²) in [5.74, 6) is 0. The van der Waals surface area contributed by atoms with Gasteiger partial charge < -0.3 is 5.11 Å². The van der Waals surface area contributed by atoms with Crippen molar-refractivity contribution in [3.8, 4) is 0 Å². The Morgan fingerprint density at radius 1 is 1.88 bits per heavy atom. The van der Waals surface area contributed by atoms with Gasteiger partial charge in [-0.15, -0.1) is 4.52 Å². The van der Waals surface area contributed by atoms with Crippen LogP contribution in [0.5, 0.6) is 0 Å². The van der Waals surface area contributed by atoms with Crippen LogP contribution in [0.25, 0.3) is 0 Å². The van der Waals surface area contributed by atoms with Gasteiger partial charge in [-0.25, -0.2) is 0 Å². The average Bonchev–Trinajstić information content (AvgIpc) is 2.14. The Labute approximate surface area is 48.5 Å². The van der Waals surface area contributed by atoms with Crippen LogP contribution in [0.3, 0.4) is 0 Å². The molecule has 0 aromatic rings. The van der Waals surface area contributed by atoms with Crippen molar-refractivity contribution >= 4 is 8.03 Å². The fraction of sp³-hybridized carbons (Fsp3) is 1.00. The van der Waals surface area contributed by atoms with E-state index in [1.165, 1.54) is 0 Å². The third-order valence-electron chi connectivity index (χ3n) is 1.10. The van der Waals surface area contributed by atoms with Crippen LogP contribution in [-0.2, 0) is 9.09 Å². The fourth-order valence-corrected chi connectivity index (χ4v) is 1.75. The molecule has 0 aromatic heterocycles. The number of aliphatic hydroxyl groups is 1. The Bertz CT molecular complexity index is 103. The summed E-state index contributed by atoms with van der Waals surface area (Å²) in [4.78, 5) is 0. The molecule has 1 aliphatic rings. The van der Waals surface area contributed by atoms with Crippen molar-refractivity contribution in [2.75, 3.05) is 12.8 Å². The summed E-state index contributed by atoms with van der Waals surface area (Å²) in [5.41, 5.74) is 0. The van der Waals surface area contributed by atoms with Crippen LogP contribution in [0.4, 0.5) is 0 Å². The quantitative estimate of drug-likeness (QED) is 0.533. The molecule has 0 radical (unpaired) electrons. The Kier molecular flexibility index (Phi) is 1.95. The van der Waals surface area contributed by atoms with E-state index < -0.39 is 8.03 Å². The lowest BCUT2D eigenvalue weighted by Gasteiger charge is -1.91. The molecule has 1 aliphatic heterocycles. The molecule has 1 N–H and O–H groups in total. The van der Waals surface area contributed by atoms with Crippen molar-refractivity contribution in [3.63, 3.8) is 0 Å². The molecular formula is C4H8O3P+. The topological polar surface area (TPSA) is 46.5 Å². The summed E-state index contributed by atoms with van der Waals surface area (Å²) in [5, 5.41) is 8.43. The largest absolute Gasteiger partial charge is 0.508 e. The van der Waals surface area contributed by atoms with E-state index in [-0.39, 0.29) is 12.7 Å². The molecule has 3 nitrogen and oxygen atoms in total. The fourth-order valence-electron chi connectivity index (χ4n) is 0.646. The maximum absolute atomic E-state index is 10.4. The number of hydrogen-bond donors (Lipinski definition) is 1. The first-order chi connectivity index (χ1) is 3.83. The number of hydrogen-bond acceptors (Lipinski definition) is 3. The summed E-state index contributed by atoms with van der Waals surface area (Å²) in [6.07, 6.45) is 1.20. The lowest BCUT2D eigenvalue weighted by molar-refractivity contribution is 0.138. The highest BCUT2D eigenvalue weighted by Crippen LogP contribution is 2.34. The summed E-state index contributed by atoms with van der Waals surface area (Å²) in [6.45, 7) is 0.00106. The molecule has 0 bridgehead atoms. The summed E-state index contributed by atoms with van der Waals surface area (Å²) in [6, 6.07) is 0. The first kappa shape index (κ1) is 6.14. The van der Waals surface area contributed by atoms with Gasteiger partial charge in [-0.05, 0) is 4.57 Å². The van der Waals surface area contributed by atoms with Crippen LogP contribution in [-0.4, -0.2) is 24.0 Å². The van der Waals surface area contributed by atoms with Gasteiger partial charge in [0.25, 0.3) is 0 Å². The van der Waals surface area contributed by atoms with Crippen LogP contribution in [0.15, 0.2) is 0 Å². The Balaban J connectivity index is 2.32. The lowest BCUT2D eigenvalue weighted by Crippen LogP contribution is -2.08. The van der Waals surface area contributed by atoms with Gasteiger partial charge in [0.15, 0.2) is 6.16 Å². The van der Waals surface area contributed by atoms with Crippen LogP contribution in [0.1, 0.15) is 6.42 Å². The normalized spacial score (nSPS) is 33.6. The second-order valence-electron chi connectivity index (χ2n) is 1.76. The smallest absolute Gasteiger partial charge is 0.393 e. The molecule has 8 heavy (non-hydrogen) atoms. The highest BCUT2D eigenvalue weighted by Gasteiger charge is 2.33. The lowest BCUT2D eigenvalue weighted by atomic mass is 10.3. The molecule has 0 aromatic carbocycles. The second kappa shape index (κ2) is 2.53. The Hall–Kier alpha value is 0.0200. The zero-order valence-electron chi connectivity index (χ0n) is 4.41. The molecule has 2 atom stereocenters. The average molecular weight is 135 g/mol. The van der Waals surface area contributed by atoms with Crippen LogP contribution in [0, 0.1) is 0 Å². The molecule has 0 amide bonds. The van der Waals surface area contributed by atoms with E-state index in [2.05, 4.69) is 0 Å². The van der Waals surface area contributed by atoms with Gasteiger partial charge >= 0.3 is 8.03 Å². The van der Waals surface area contributed by atoms with Gasteiger partial charge in [0, 0.05) is 6.42 Å². The molecule has 46 valence electrons. The van der Waals surface area contributed by atoms with E-state index in [0.29, 0.717) is 6.16 Å². The highest BCUT2D eigenvalue weighted by molar-refractivity contribution is 7.39. The van der Waals surface area contributed by atoms with Crippen molar-refractivity contribution in [1.82, 2.24) is 0 Å². The van der Waals surface area contributed by atoms with Crippen molar-refractivity contribution in [1.29, 1.82) is 0 Å². The van der Waals surface area contributed by atoms with Crippen LogP contribution >= 0.6 is 8.03 Å². The van der Waals surface area contributed by atoms with Gasteiger partial charge in [-0.2, -0.15) is 0 Å². The third kappa shape index (κ3) is 1.25. The van der Waals surface area contributed by atoms with E-state index in [4.69, 9.17) is 9.63 Å². The van der Waals surface area contributed by atoms with E-state index in [0.717, 1.165) is 6.42 Å². The van der Waals surface area contributed by atoms with Crippen molar-refractivity contribution in [2.45, 2.75) is 12.5 Å². The van der Waals surface area contributed by atoms with Gasteiger partial charge in [0.1, 0.15) is 6.10 Å². The summed E-state index contributed by atoms with van der Waals surface area (Å²) >= 11 is 0. The molecule has 0 spiro atoms. The molecule has 1 heterocycles. The molecular weight excluding hydrogens is 127 g/mol. The Morgan fingerprint density at radius 2 is 2.62 bits per heavy atom. The van der Waals surface area contributed by atoms with Crippen molar-refractivity contribution in [2.24, 2.45) is 0 Å². The Morgan fingerprint density at radius 3 is 2.88 bits per heavy atom. The van der Waals surface area contributed by atoms with Crippen molar-refractivity contribution in [3.05, 3.63) is 0 Å². The van der Waals surface area contributed by atoms with E-state index in [9.17, 15) is 4.57 Å². The van der Waals surface area contributed by atoms with Gasteiger partial charge in [-0.1, -0.05) is 0 Å². The minimum Gasteiger partial charge on any atom is -0.393 e. The minimum absolute atomic E-state index is 0.00106. The zero-order valence-corrected chi connectivity index (χ0v) is 5.30. The molecule has 0 saturated carbocycles. The number of aliphatic hydroxyl groups excluding tert-OH is 1. The molecule has 1 rings (SSSR count). The maximum atomic E-state index is 10.4. The predicted octanol–water partition coefficient (Wildman–Crippen LogP) is 0.510. The molecule has 1 saturated heterocycles. The molecule has 1 fully saturated rings. The monoisotopic (exact) mass is 135 g/mol. The molecule has 4 heteroatoms. The van der Waals surface area contributed by atoms with Gasteiger partial charge in [0.2, 0.25) is 0 Å². The van der Waals surface area contributed by atoms with Crippen LogP contribution < -0.4 is 0 Å². The minimum atomic E-state index is -1.42. The summed E-state index contributed by atoms with van der Waals surface area (Å²) in [7, 11) is -1.42. The molecule has 0 aliphatic carbocycles. The molecule has 2 unspecified atom stereocenters. The zero-order chi connectivity index (χ0) is 5.98. The standard InChI is InChI=1S/C4H8O3P/c5-3-4-1-2-8(6)7-4/h4-5H,1-3H2/q+1. The predicted molar refractivity (Wildman–Crippen MR) is 29.0 cm³/mol. The summed E-state index contributed by atoms with van der Waals surface area (Å²) < 4.78 is 15.2. The highest BCUT2D eigenvalue weighted by atomic mass is 31.1. The SMILES string of the molecule is O=[P+]1CCC(CO)O1. The first-order valence-electron chi connectivity index (χ1n) is 2.55. The van der Waals surface area contributed by atoms with E-state index in [1.807, 2.05) is 0 Å². The van der Waals surface area contributed by atoms with Crippen LogP contribution in [0.2, 0.25) is 0 Å². The second-order valence-corrected chi connectivity index (χ2v) is 3.08. The van der Waals surface area contributed by atoms with Crippen molar-refractivity contribution < 1.29 is 14.2 Å². The third-order valence-corrected chi connectivity index (χ3v) is 2.26.